The van der Waals surface area contributed by atoms with E-state index in [1.54, 1.807) is 0 Å². The zero-order chi connectivity index (χ0) is 35.2. The van der Waals surface area contributed by atoms with Gasteiger partial charge in [0.1, 0.15) is 0 Å². The third kappa shape index (κ3) is 7.59. The summed E-state index contributed by atoms with van der Waals surface area (Å²) in [5.41, 5.74) is -2.82. The lowest BCUT2D eigenvalue weighted by Gasteiger charge is -2.50. The number of nitriles is 2. The fraction of sp³-hybridized carbons (Fsp3) is 0.529. The molecule has 256 valence electrons. The Morgan fingerprint density at radius 3 is 1.12 bits per heavy atom. The first-order chi connectivity index (χ1) is 22.4. The van der Waals surface area contributed by atoms with E-state index in [0.29, 0.717) is 45.7 Å². The van der Waals surface area contributed by atoms with Crippen molar-refractivity contribution in [1.29, 1.82) is 10.5 Å². The highest BCUT2D eigenvalue weighted by atomic mass is 127. The van der Waals surface area contributed by atoms with E-state index >= 15 is 0 Å². The van der Waals surface area contributed by atoms with Crippen molar-refractivity contribution in [1.82, 2.24) is 10.6 Å². The van der Waals surface area contributed by atoms with Crippen molar-refractivity contribution in [3.8, 4) is 12.1 Å². The summed E-state index contributed by atoms with van der Waals surface area (Å²) < 4.78 is 78.3. The molecule has 8 rings (SSSR count). The average Bonchev–Trinajstić information content (AvgIpc) is 3.06. The summed E-state index contributed by atoms with van der Waals surface area (Å²) in [6.45, 7) is 0. The number of nitrogens with one attached hydrogen (secondary N) is 2. The molecule has 0 saturated heterocycles. The molecule has 0 spiro atoms. The Morgan fingerprint density at radius 2 is 0.875 bits per heavy atom. The molecule has 2 N–H and O–H groups in total. The number of benzene rings is 2. The highest BCUT2D eigenvalue weighted by molar-refractivity contribution is 14.1. The first-order valence-corrected chi connectivity index (χ1v) is 17.7. The number of amides is 2. The molecule has 48 heavy (non-hydrogen) atoms. The van der Waals surface area contributed by atoms with Crippen molar-refractivity contribution in [3.05, 3.63) is 65.8 Å². The smallest absolute Gasteiger partial charge is 0.347 e. The fourth-order valence-electron chi connectivity index (χ4n) is 7.45. The van der Waals surface area contributed by atoms with Crippen LogP contribution >= 0.6 is 45.2 Å². The molecule has 0 aromatic heterocycles. The quantitative estimate of drug-likeness (QED) is 0.236. The highest BCUT2D eigenvalue weighted by Crippen LogP contribution is 2.53. The SMILES string of the molecule is N#CC12CCC(NC(=O)c3cc(C(F)(F)F)ccc3I)(CC1)CC2.N#CC12CCC(NC(=O)c3cc(C(F)(F)F)ccc3I)(CC1)CC2. The van der Waals surface area contributed by atoms with Gasteiger partial charge in [-0.25, -0.2) is 0 Å². The Hall–Kier alpha value is -2.60. The van der Waals surface area contributed by atoms with Crippen LogP contribution in [0.15, 0.2) is 36.4 Å². The van der Waals surface area contributed by atoms with Crippen LogP contribution in [0.4, 0.5) is 26.3 Å². The van der Waals surface area contributed by atoms with Gasteiger partial charge in [0.15, 0.2) is 0 Å². The van der Waals surface area contributed by atoms with Crippen LogP contribution in [-0.4, -0.2) is 22.9 Å². The van der Waals surface area contributed by atoms with Gasteiger partial charge in [-0.2, -0.15) is 36.9 Å². The molecule has 2 aromatic rings. The maximum absolute atomic E-state index is 12.9. The lowest BCUT2D eigenvalue weighted by Crippen LogP contribution is -2.56. The molecule has 6 nitrogen and oxygen atoms in total. The molecule has 0 heterocycles. The summed E-state index contributed by atoms with van der Waals surface area (Å²) in [6.07, 6.45) is -0.247. The average molecular weight is 896 g/mol. The summed E-state index contributed by atoms with van der Waals surface area (Å²) in [4.78, 5) is 25.2. The van der Waals surface area contributed by atoms with Crippen molar-refractivity contribution in [2.45, 2.75) is 100 Å². The molecule has 6 fully saturated rings. The van der Waals surface area contributed by atoms with Gasteiger partial charge in [0.25, 0.3) is 11.8 Å². The van der Waals surface area contributed by atoms with Crippen LogP contribution in [0.2, 0.25) is 0 Å². The Morgan fingerprint density at radius 1 is 0.583 bits per heavy atom. The number of carbonyl (C=O) groups is 2. The summed E-state index contributed by atoms with van der Waals surface area (Å²) in [5.74, 6) is -0.922. The number of hydrogen-bond acceptors (Lipinski definition) is 4. The molecule has 0 radical (unpaired) electrons. The fourth-order valence-corrected chi connectivity index (χ4v) is 8.61. The van der Waals surface area contributed by atoms with E-state index in [9.17, 15) is 46.5 Å². The largest absolute Gasteiger partial charge is 0.416 e. The van der Waals surface area contributed by atoms with Gasteiger partial charge in [0.05, 0.1) is 45.2 Å². The monoisotopic (exact) mass is 896 g/mol. The minimum Gasteiger partial charge on any atom is -0.347 e. The zero-order valence-corrected chi connectivity index (χ0v) is 30.0. The van der Waals surface area contributed by atoms with Crippen molar-refractivity contribution >= 4 is 57.0 Å². The van der Waals surface area contributed by atoms with Crippen LogP contribution in [0.3, 0.4) is 0 Å². The lowest BCUT2D eigenvalue weighted by atomic mass is 9.58. The molecular weight excluding hydrogens is 864 g/mol. The van der Waals surface area contributed by atoms with Crippen molar-refractivity contribution in [2.24, 2.45) is 10.8 Å². The Balaban J connectivity index is 0.000000188. The van der Waals surface area contributed by atoms with E-state index < -0.39 is 35.3 Å². The van der Waals surface area contributed by atoms with Gasteiger partial charge in [-0.05, 0) is 159 Å². The van der Waals surface area contributed by atoms with Crippen molar-refractivity contribution in [2.75, 3.05) is 0 Å². The van der Waals surface area contributed by atoms with Crippen LogP contribution < -0.4 is 10.6 Å². The molecule has 4 bridgehead atoms. The van der Waals surface area contributed by atoms with Gasteiger partial charge in [-0.15, -0.1) is 0 Å². The minimum absolute atomic E-state index is 0.0579. The predicted octanol–water partition coefficient (Wildman–Crippen LogP) is 9.31. The van der Waals surface area contributed by atoms with Gasteiger partial charge in [-0.3, -0.25) is 9.59 Å². The molecule has 6 aliphatic rings. The molecule has 14 heteroatoms. The van der Waals surface area contributed by atoms with E-state index in [4.69, 9.17) is 0 Å². The number of hydrogen-bond donors (Lipinski definition) is 2. The van der Waals surface area contributed by atoms with Crippen molar-refractivity contribution in [3.63, 3.8) is 0 Å². The first kappa shape index (κ1) is 36.7. The van der Waals surface area contributed by atoms with Crippen LogP contribution in [0.25, 0.3) is 0 Å². The van der Waals surface area contributed by atoms with Crippen LogP contribution in [-0.2, 0) is 12.4 Å². The number of nitrogens with zero attached hydrogens (tertiary/aromatic N) is 2. The van der Waals surface area contributed by atoms with Gasteiger partial charge < -0.3 is 10.6 Å². The molecule has 0 aliphatic heterocycles. The Bertz CT molecular complexity index is 1520. The summed E-state index contributed by atoms with van der Waals surface area (Å²) in [7, 11) is 0. The maximum Gasteiger partial charge on any atom is 0.416 e. The van der Waals surface area contributed by atoms with E-state index in [2.05, 4.69) is 22.8 Å². The molecule has 0 atom stereocenters. The van der Waals surface area contributed by atoms with Crippen LogP contribution in [0.1, 0.15) is 109 Å². The Labute approximate surface area is 301 Å². The highest BCUT2D eigenvalue weighted by Gasteiger charge is 2.51. The molecule has 6 aliphatic carbocycles. The zero-order valence-electron chi connectivity index (χ0n) is 25.7. The predicted molar refractivity (Wildman–Crippen MR) is 180 cm³/mol. The van der Waals surface area contributed by atoms with Gasteiger partial charge in [0.2, 0.25) is 0 Å². The number of fused-ring (bicyclic) bond motifs is 6. The van der Waals surface area contributed by atoms with Gasteiger partial charge >= 0.3 is 12.4 Å². The van der Waals surface area contributed by atoms with Crippen molar-refractivity contribution < 1.29 is 35.9 Å². The molecule has 2 amide bonds. The van der Waals surface area contributed by atoms with Gasteiger partial charge in [0, 0.05) is 18.2 Å². The summed E-state index contributed by atoms with van der Waals surface area (Å²) in [6, 6.07) is 11.2. The van der Waals surface area contributed by atoms with Crippen LogP contribution in [0.5, 0.6) is 0 Å². The standard InChI is InChI=1S/2C17H16F3IN2O/c2*18-17(19,20)11-1-2-13(21)12(9-11)14(24)23-16-6-3-15(10-22,4-7-16)5-8-16/h2*1-2,9H,3-8H2,(H,23,24). The van der Waals surface area contributed by atoms with Gasteiger partial charge in [-0.1, -0.05) is 0 Å². The van der Waals surface area contributed by atoms with E-state index in [0.717, 1.165) is 62.8 Å². The number of carbonyl (C=O) groups excluding carboxylic acids is 2. The van der Waals surface area contributed by atoms with E-state index in [1.807, 2.05) is 45.2 Å². The number of halogens is 8. The number of rotatable bonds is 4. The lowest BCUT2D eigenvalue weighted by molar-refractivity contribution is -0.138. The minimum atomic E-state index is -4.47. The number of alkyl halides is 6. The maximum atomic E-state index is 12.9. The molecule has 2 aromatic carbocycles. The van der Waals surface area contributed by atoms with E-state index in [1.165, 1.54) is 12.1 Å². The molecule has 0 unspecified atom stereocenters. The normalized spacial score (nSPS) is 29.1. The first-order valence-electron chi connectivity index (χ1n) is 15.6. The second kappa shape index (κ2) is 13.3. The molecule has 6 saturated carbocycles. The second-order valence-electron chi connectivity index (χ2n) is 13.6. The third-order valence-electron chi connectivity index (χ3n) is 10.8. The van der Waals surface area contributed by atoms with E-state index in [-0.39, 0.29) is 33.0 Å². The van der Waals surface area contributed by atoms with Crippen LogP contribution in [0, 0.1) is 40.6 Å². The second-order valence-corrected chi connectivity index (χ2v) is 16.0. The summed E-state index contributed by atoms with van der Waals surface area (Å²) >= 11 is 3.76. The summed E-state index contributed by atoms with van der Waals surface area (Å²) in [5, 5.41) is 24.6. The topological polar surface area (TPSA) is 106 Å². The third-order valence-corrected chi connectivity index (χ3v) is 12.7. The molecular formula is C34H32F6I2N4O2. The Kier molecular flexibility index (Phi) is 10.1.